The maximum atomic E-state index is 12.3. The van der Waals surface area contributed by atoms with Crippen molar-refractivity contribution < 1.29 is 13.2 Å². The van der Waals surface area contributed by atoms with Gasteiger partial charge in [-0.2, -0.15) is 11.8 Å². The summed E-state index contributed by atoms with van der Waals surface area (Å²) in [7, 11) is -0.743. The number of nitrogens with zero attached hydrogens (tertiary/aromatic N) is 1. The number of benzene rings is 2. The lowest BCUT2D eigenvalue weighted by molar-refractivity contribution is 0.0956. The minimum absolute atomic E-state index is 0.0375. The molecule has 0 spiro atoms. The lowest BCUT2D eigenvalue weighted by atomic mass is 10.2. The van der Waals surface area contributed by atoms with Crippen molar-refractivity contribution in [2.45, 2.75) is 10.6 Å². The van der Waals surface area contributed by atoms with Crippen molar-refractivity contribution in [3.05, 3.63) is 64.7 Å². The van der Waals surface area contributed by atoms with E-state index in [4.69, 9.17) is 11.6 Å². The molecule has 2 aromatic rings. The number of amides is 1. The highest BCUT2D eigenvalue weighted by Gasteiger charge is 2.20. The zero-order valence-electron chi connectivity index (χ0n) is 14.6. The van der Waals surface area contributed by atoms with Gasteiger partial charge < -0.3 is 5.32 Å². The zero-order valence-corrected chi connectivity index (χ0v) is 17.0. The molecule has 8 heteroatoms. The smallest absolute Gasteiger partial charge is 0.252 e. The van der Waals surface area contributed by atoms with Gasteiger partial charge in [-0.3, -0.25) is 4.79 Å². The van der Waals surface area contributed by atoms with Gasteiger partial charge in [0, 0.05) is 32.1 Å². The first-order chi connectivity index (χ1) is 12.3. The van der Waals surface area contributed by atoms with Crippen LogP contribution in [0.15, 0.2) is 53.4 Å². The highest BCUT2D eigenvalue weighted by atomic mass is 35.5. The molecule has 26 heavy (non-hydrogen) atoms. The van der Waals surface area contributed by atoms with Crippen LogP contribution in [0.5, 0.6) is 0 Å². The van der Waals surface area contributed by atoms with Crippen molar-refractivity contribution in [1.29, 1.82) is 0 Å². The number of hydrogen-bond donors (Lipinski definition) is 1. The number of thioether (sulfide) groups is 1. The predicted octanol–water partition coefficient (Wildman–Crippen LogP) is 3.25. The molecule has 0 unspecified atom stereocenters. The number of carbonyl (C=O) groups is 1. The quantitative estimate of drug-likeness (QED) is 0.676. The third-order valence-corrected chi connectivity index (χ3v) is 6.78. The topological polar surface area (TPSA) is 66.5 Å². The van der Waals surface area contributed by atoms with Crippen LogP contribution in [0.4, 0.5) is 0 Å². The van der Waals surface area contributed by atoms with Gasteiger partial charge in [0.25, 0.3) is 5.91 Å². The Morgan fingerprint density at radius 1 is 1.15 bits per heavy atom. The van der Waals surface area contributed by atoms with Crippen LogP contribution < -0.4 is 5.32 Å². The van der Waals surface area contributed by atoms with E-state index < -0.39 is 10.0 Å². The van der Waals surface area contributed by atoms with Crippen LogP contribution in [0.1, 0.15) is 15.9 Å². The Kier molecular flexibility index (Phi) is 7.52. The lowest BCUT2D eigenvalue weighted by Gasteiger charge is -2.13. The summed E-state index contributed by atoms with van der Waals surface area (Å²) in [6, 6.07) is 14.2. The summed E-state index contributed by atoms with van der Waals surface area (Å²) in [5.74, 6) is 1.23. The second-order valence-electron chi connectivity index (χ2n) is 5.72. The van der Waals surface area contributed by atoms with E-state index in [0.717, 1.165) is 15.8 Å². The van der Waals surface area contributed by atoms with E-state index in [9.17, 15) is 13.2 Å². The molecule has 0 aromatic heterocycles. The van der Waals surface area contributed by atoms with Gasteiger partial charge in [-0.1, -0.05) is 41.9 Å². The van der Waals surface area contributed by atoms with E-state index >= 15 is 0 Å². The molecule has 140 valence electrons. The number of nitrogens with one attached hydrogen (secondary N) is 1. The van der Waals surface area contributed by atoms with E-state index in [1.165, 1.54) is 37.9 Å². The zero-order chi connectivity index (χ0) is 19.2. The molecule has 0 aliphatic rings. The van der Waals surface area contributed by atoms with E-state index in [0.29, 0.717) is 6.54 Å². The standard InChI is InChI=1S/C18H21ClN2O3S2/c1-21(2)26(23,24)15-8-9-17(19)16(12-15)18(22)20-10-11-25-13-14-6-4-3-5-7-14/h3-9,12H,10-11,13H2,1-2H3,(H,20,22). The van der Waals surface area contributed by atoms with Gasteiger partial charge in [0.05, 0.1) is 15.5 Å². The lowest BCUT2D eigenvalue weighted by Crippen LogP contribution is -2.27. The van der Waals surface area contributed by atoms with Crippen LogP contribution in [-0.2, 0) is 15.8 Å². The molecule has 0 saturated heterocycles. The average molecular weight is 413 g/mol. The molecule has 2 rings (SSSR count). The van der Waals surface area contributed by atoms with E-state index in [1.807, 2.05) is 18.2 Å². The molecule has 2 aromatic carbocycles. The predicted molar refractivity (Wildman–Crippen MR) is 107 cm³/mol. The molecular weight excluding hydrogens is 392 g/mol. The SMILES string of the molecule is CN(C)S(=O)(=O)c1ccc(Cl)c(C(=O)NCCSCc2ccccc2)c1. The summed E-state index contributed by atoms with van der Waals surface area (Å²) >= 11 is 7.78. The summed E-state index contributed by atoms with van der Waals surface area (Å²) in [5, 5.41) is 3.00. The Hall–Kier alpha value is -1.54. The van der Waals surface area contributed by atoms with E-state index in [2.05, 4.69) is 17.4 Å². The minimum atomic E-state index is -3.62. The fourth-order valence-electron chi connectivity index (χ4n) is 2.15. The molecule has 1 amide bonds. The van der Waals surface area contributed by atoms with Crippen molar-refractivity contribution in [3.8, 4) is 0 Å². The molecule has 1 N–H and O–H groups in total. The molecular formula is C18H21ClN2O3S2. The van der Waals surface area contributed by atoms with Crippen LogP contribution >= 0.6 is 23.4 Å². The Morgan fingerprint density at radius 3 is 2.50 bits per heavy atom. The van der Waals surface area contributed by atoms with Gasteiger partial charge in [-0.25, -0.2) is 12.7 Å². The molecule has 0 aliphatic carbocycles. The monoisotopic (exact) mass is 412 g/mol. The third-order valence-electron chi connectivity index (χ3n) is 3.60. The number of rotatable bonds is 8. The first-order valence-corrected chi connectivity index (χ1v) is 10.9. The second-order valence-corrected chi connectivity index (χ2v) is 9.39. The molecule has 0 fully saturated rings. The number of hydrogen-bond acceptors (Lipinski definition) is 4. The molecule has 0 heterocycles. The largest absolute Gasteiger partial charge is 0.351 e. The van der Waals surface area contributed by atoms with Crippen LogP contribution in [0, 0.1) is 0 Å². The van der Waals surface area contributed by atoms with Crippen molar-refractivity contribution in [3.63, 3.8) is 0 Å². The summed E-state index contributed by atoms with van der Waals surface area (Å²) < 4.78 is 25.5. The van der Waals surface area contributed by atoms with Gasteiger partial charge in [-0.15, -0.1) is 0 Å². The van der Waals surface area contributed by atoms with Crippen molar-refractivity contribution in [1.82, 2.24) is 9.62 Å². The molecule has 0 bridgehead atoms. The second kappa shape index (κ2) is 9.41. The Morgan fingerprint density at radius 2 is 1.85 bits per heavy atom. The third kappa shape index (κ3) is 5.48. The first kappa shape index (κ1) is 20.8. The van der Waals surface area contributed by atoms with Crippen LogP contribution in [-0.4, -0.2) is 45.0 Å². The summed E-state index contributed by atoms with van der Waals surface area (Å²) in [6.45, 7) is 0.470. The molecule has 5 nitrogen and oxygen atoms in total. The maximum absolute atomic E-state index is 12.3. The highest BCUT2D eigenvalue weighted by molar-refractivity contribution is 7.98. The first-order valence-electron chi connectivity index (χ1n) is 7.94. The normalized spacial score (nSPS) is 11.5. The Balaban J connectivity index is 1.93. The Labute approximate surface area is 163 Å². The summed E-state index contributed by atoms with van der Waals surface area (Å²) in [6.07, 6.45) is 0. The molecule has 0 saturated carbocycles. The average Bonchev–Trinajstić information content (AvgIpc) is 2.62. The van der Waals surface area contributed by atoms with Crippen molar-refractivity contribution in [2.24, 2.45) is 0 Å². The highest BCUT2D eigenvalue weighted by Crippen LogP contribution is 2.22. The van der Waals surface area contributed by atoms with Gasteiger partial charge in [0.15, 0.2) is 0 Å². The van der Waals surface area contributed by atoms with Gasteiger partial charge in [0.1, 0.15) is 0 Å². The fourth-order valence-corrected chi connectivity index (χ4v) is 4.10. The number of carbonyl (C=O) groups excluding carboxylic acids is 1. The van der Waals surface area contributed by atoms with Crippen molar-refractivity contribution >= 4 is 39.3 Å². The van der Waals surface area contributed by atoms with Gasteiger partial charge in [-0.05, 0) is 23.8 Å². The molecule has 0 radical (unpaired) electrons. The van der Waals surface area contributed by atoms with E-state index in [-0.39, 0.29) is 21.4 Å². The van der Waals surface area contributed by atoms with E-state index in [1.54, 1.807) is 11.8 Å². The maximum Gasteiger partial charge on any atom is 0.252 e. The summed E-state index contributed by atoms with van der Waals surface area (Å²) in [5.41, 5.74) is 1.39. The summed E-state index contributed by atoms with van der Waals surface area (Å²) in [4.78, 5) is 12.4. The van der Waals surface area contributed by atoms with Crippen LogP contribution in [0.3, 0.4) is 0 Å². The molecule has 0 aliphatic heterocycles. The van der Waals surface area contributed by atoms with Crippen LogP contribution in [0.25, 0.3) is 0 Å². The molecule has 0 atom stereocenters. The van der Waals surface area contributed by atoms with Gasteiger partial charge >= 0.3 is 0 Å². The minimum Gasteiger partial charge on any atom is -0.351 e. The van der Waals surface area contributed by atoms with Crippen molar-refractivity contribution in [2.75, 3.05) is 26.4 Å². The number of sulfonamides is 1. The fraction of sp³-hybridized carbons (Fsp3) is 0.278. The number of halogens is 1. The Bertz CT molecular complexity index is 856. The van der Waals surface area contributed by atoms with Crippen LogP contribution in [0.2, 0.25) is 5.02 Å². The van der Waals surface area contributed by atoms with Gasteiger partial charge in [0.2, 0.25) is 10.0 Å².